The van der Waals surface area contributed by atoms with Gasteiger partial charge in [0, 0.05) is 41.9 Å². The van der Waals surface area contributed by atoms with Gasteiger partial charge in [-0.25, -0.2) is 0 Å². The number of hydrogen-bond acceptors (Lipinski definition) is 1. The molecule has 0 aliphatic carbocycles. The number of fused-ring (bicyclic) bond motifs is 2. The van der Waals surface area contributed by atoms with Gasteiger partial charge >= 0.3 is 0 Å². The summed E-state index contributed by atoms with van der Waals surface area (Å²) in [6.45, 7) is 1.67. The van der Waals surface area contributed by atoms with Crippen LogP contribution in [0, 0.1) is 0 Å². The molecule has 0 fully saturated rings. The van der Waals surface area contributed by atoms with Crippen LogP contribution in [0.4, 0.5) is 5.69 Å². The summed E-state index contributed by atoms with van der Waals surface area (Å²) in [5.74, 6) is 0. The second-order valence-electron chi connectivity index (χ2n) is 6.07. The van der Waals surface area contributed by atoms with Crippen LogP contribution >= 0.6 is 34.8 Å². The summed E-state index contributed by atoms with van der Waals surface area (Å²) < 4.78 is 4.29. The molecule has 6 heteroatoms. The number of aromatic nitrogens is 2. The Kier molecular flexibility index (Phi) is 4.32. The van der Waals surface area contributed by atoms with Gasteiger partial charge in [0.25, 0.3) is 0 Å². The lowest BCUT2D eigenvalue weighted by Gasteiger charge is -2.08. The molecule has 25 heavy (non-hydrogen) atoms. The number of nitrogens with two attached hydrogens (primary N) is 1. The molecular formula is C19H16Cl3N3. The monoisotopic (exact) mass is 391 g/mol. The van der Waals surface area contributed by atoms with Crippen molar-refractivity contribution in [3.05, 3.63) is 63.9 Å². The maximum absolute atomic E-state index is 6.34. The molecule has 2 heterocycles. The molecule has 128 valence electrons. The fraction of sp³-hybridized carbons (Fsp3) is 0.158. The summed E-state index contributed by atoms with van der Waals surface area (Å²) in [5.41, 5.74) is 8.86. The van der Waals surface area contributed by atoms with Gasteiger partial charge < -0.3 is 14.9 Å². The van der Waals surface area contributed by atoms with Crippen molar-refractivity contribution >= 4 is 62.3 Å². The zero-order valence-corrected chi connectivity index (χ0v) is 15.6. The highest BCUT2D eigenvalue weighted by atomic mass is 35.5. The molecule has 4 aromatic rings. The number of hydrogen-bond donors (Lipinski definition) is 1. The molecule has 0 aliphatic rings. The maximum atomic E-state index is 6.34. The van der Waals surface area contributed by atoms with E-state index in [0.29, 0.717) is 20.8 Å². The van der Waals surface area contributed by atoms with Crippen molar-refractivity contribution in [1.82, 2.24) is 9.13 Å². The summed E-state index contributed by atoms with van der Waals surface area (Å²) in [6.07, 6.45) is 4.82. The third-order valence-corrected chi connectivity index (χ3v) is 5.39. The zero-order valence-electron chi connectivity index (χ0n) is 13.3. The minimum absolute atomic E-state index is 0.680. The molecule has 0 radical (unpaired) electrons. The van der Waals surface area contributed by atoms with E-state index in [-0.39, 0.29) is 0 Å². The van der Waals surface area contributed by atoms with Crippen LogP contribution in [0.25, 0.3) is 21.8 Å². The van der Waals surface area contributed by atoms with Gasteiger partial charge in [-0.1, -0.05) is 46.9 Å². The van der Waals surface area contributed by atoms with Crippen LogP contribution in [0.15, 0.2) is 48.8 Å². The minimum Gasteiger partial charge on any atom is -0.398 e. The molecule has 2 aromatic heterocycles. The first-order valence-corrected chi connectivity index (χ1v) is 9.15. The van der Waals surface area contributed by atoms with E-state index in [0.717, 1.165) is 41.3 Å². The Labute approximate surface area is 160 Å². The molecule has 0 aliphatic heterocycles. The standard InChI is InChI=1S/C19H16Cl3N3/c20-12-4-1-6-16-18(12)13(21)10-24(16)8-3-9-25-11-14(22)19-15(23)5-2-7-17(19)25/h1-2,4-7,10-11H,3,8-9,23H2. The highest BCUT2D eigenvalue weighted by Crippen LogP contribution is 2.33. The molecule has 3 nitrogen and oxygen atoms in total. The predicted octanol–water partition coefficient (Wildman–Crippen LogP) is 6.23. The van der Waals surface area contributed by atoms with Crippen molar-refractivity contribution in [1.29, 1.82) is 0 Å². The van der Waals surface area contributed by atoms with Gasteiger partial charge in [0.05, 0.1) is 26.1 Å². The highest BCUT2D eigenvalue weighted by Gasteiger charge is 2.11. The van der Waals surface area contributed by atoms with E-state index < -0.39 is 0 Å². The van der Waals surface area contributed by atoms with E-state index in [1.165, 1.54) is 0 Å². The topological polar surface area (TPSA) is 35.9 Å². The van der Waals surface area contributed by atoms with E-state index in [1.54, 1.807) is 0 Å². The molecule has 2 aromatic carbocycles. The molecule has 4 rings (SSSR count). The van der Waals surface area contributed by atoms with Crippen molar-refractivity contribution in [3.63, 3.8) is 0 Å². The van der Waals surface area contributed by atoms with E-state index in [2.05, 4.69) is 9.13 Å². The Hall–Kier alpha value is -1.81. The van der Waals surface area contributed by atoms with Crippen LogP contribution in [0.2, 0.25) is 15.1 Å². The van der Waals surface area contributed by atoms with Gasteiger partial charge in [0.1, 0.15) is 0 Å². The second-order valence-corrected chi connectivity index (χ2v) is 7.29. The number of halogens is 3. The zero-order chi connectivity index (χ0) is 17.6. The fourth-order valence-electron chi connectivity index (χ4n) is 3.37. The third-order valence-electron chi connectivity index (χ3n) is 4.50. The Balaban J connectivity index is 1.58. The normalized spacial score (nSPS) is 11.6. The van der Waals surface area contributed by atoms with E-state index in [9.17, 15) is 0 Å². The van der Waals surface area contributed by atoms with Crippen LogP contribution in [0.1, 0.15) is 6.42 Å². The SMILES string of the molecule is Nc1cccc2c1c(Cl)cn2CCCn1cc(Cl)c2c(Cl)cccc21. The lowest BCUT2D eigenvalue weighted by Crippen LogP contribution is -2.02. The average molecular weight is 393 g/mol. The first-order valence-electron chi connectivity index (χ1n) is 8.02. The van der Waals surface area contributed by atoms with Gasteiger partial charge in [-0.3, -0.25) is 0 Å². The van der Waals surface area contributed by atoms with E-state index >= 15 is 0 Å². The molecule has 0 saturated carbocycles. The van der Waals surface area contributed by atoms with Gasteiger partial charge in [-0.05, 0) is 30.7 Å². The number of aryl methyl sites for hydroxylation is 2. The Morgan fingerprint density at radius 3 is 1.96 bits per heavy atom. The quantitative estimate of drug-likeness (QED) is 0.411. The summed E-state index contributed by atoms with van der Waals surface area (Å²) in [4.78, 5) is 0. The summed E-state index contributed by atoms with van der Waals surface area (Å²) >= 11 is 18.9. The van der Waals surface area contributed by atoms with E-state index in [1.807, 2.05) is 48.8 Å². The van der Waals surface area contributed by atoms with Crippen molar-refractivity contribution in [2.24, 2.45) is 0 Å². The number of nitrogens with zero attached hydrogens (tertiary/aromatic N) is 2. The average Bonchev–Trinajstić information content (AvgIpc) is 3.07. The Morgan fingerprint density at radius 2 is 1.28 bits per heavy atom. The summed E-state index contributed by atoms with van der Waals surface area (Å²) in [5, 5.41) is 3.88. The number of nitrogen functional groups attached to an aromatic ring is 1. The summed E-state index contributed by atoms with van der Waals surface area (Å²) in [6, 6.07) is 11.7. The van der Waals surface area contributed by atoms with Gasteiger partial charge in [-0.15, -0.1) is 0 Å². The van der Waals surface area contributed by atoms with Crippen molar-refractivity contribution in [2.75, 3.05) is 5.73 Å². The first-order chi connectivity index (χ1) is 12.1. The van der Waals surface area contributed by atoms with E-state index in [4.69, 9.17) is 40.5 Å². The fourth-order valence-corrected chi connectivity index (χ4v) is 4.33. The largest absolute Gasteiger partial charge is 0.398 e. The summed E-state index contributed by atoms with van der Waals surface area (Å²) in [7, 11) is 0. The number of anilines is 1. The smallest absolute Gasteiger partial charge is 0.0682 e. The number of rotatable bonds is 4. The van der Waals surface area contributed by atoms with Crippen LogP contribution in [0.3, 0.4) is 0 Å². The Bertz CT molecular complexity index is 993. The van der Waals surface area contributed by atoms with Crippen molar-refractivity contribution in [2.45, 2.75) is 19.5 Å². The maximum Gasteiger partial charge on any atom is 0.0682 e. The highest BCUT2D eigenvalue weighted by molar-refractivity contribution is 6.42. The van der Waals surface area contributed by atoms with Crippen molar-refractivity contribution in [3.8, 4) is 0 Å². The van der Waals surface area contributed by atoms with Crippen LogP contribution in [-0.2, 0) is 13.1 Å². The third kappa shape index (κ3) is 2.86. The molecular weight excluding hydrogens is 377 g/mol. The van der Waals surface area contributed by atoms with Crippen LogP contribution < -0.4 is 5.73 Å². The lowest BCUT2D eigenvalue weighted by molar-refractivity contribution is 0.585. The van der Waals surface area contributed by atoms with Gasteiger partial charge in [0.2, 0.25) is 0 Å². The number of benzene rings is 2. The molecule has 0 amide bonds. The van der Waals surface area contributed by atoms with Gasteiger partial charge in [-0.2, -0.15) is 0 Å². The lowest BCUT2D eigenvalue weighted by atomic mass is 10.2. The van der Waals surface area contributed by atoms with Crippen LogP contribution in [-0.4, -0.2) is 9.13 Å². The predicted molar refractivity (Wildman–Crippen MR) is 108 cm³/mol. The molecule has 0 saturated heterocycles. The Morgan fingerprint density at radius 1 is 0.720 bits per heavy atom. The minimum atomic E-state index is 0.680. The van der Waals surface area contributed by atoms with Crippen LogP contribution in [0.5, 0.6) is 0 Å². The molecule has 0 bridgehead atoms. The van der Waals surface area contributed by atoms with Gasteiger partial charge in [0.15, 0.2) is 0 Å². The van der Waals surface area contributed by atoms with Crippen molar-refractivity contribution < 1.29 is 0 Å². The molecule has 0 unspecified atom stereocenters. The molecule has 0 spiro atoms. The molecule has 0 atom stereocenters. The second kappa shape index (κ2) is 6.49. The molecule has 2 N–H and O–H groups in total. The first kappa shape index (κ1) is 16.6.